The van der Waals surface area contributed by atoms with E-state index in [4.69, 9.17) is 4.74 Å². The summed E-state index contributed by atoms with van der Waals surface area (Å²) in [6, 6.07) is 25.4. The van der Waals surface area contributed by atoms with Crippen molar-refractivity contribution in [1.82, 2.24) is 0 Å². The Kier molecular flexibility index (Phi) is 4.64. The maximum Gasteiger partial charge on any atom is 0.282 e. The van der Waals surface area contributed by atoms with Crippen molar-refractivity contribution in [1.29, 1.82) is 0 Å². The summed E-state index contributed by atoms with van der Waals surface area (Å²) in [5.74, 6) is -0.263. The summed E-state index contributed by atoms with van der Waals surface area (Å²) in [5.41, 5.74) is 2.33. The Bertz CT molecular complexity index is 1060. The number of hydrogen-bond donors (Lipinski definition) is 1. The normalized spacial score (nSPS) is 13.8. The zero-order valence-corrected chi connectivity index (χ0v) is 15.3. The number of ether oxygens (including phenoxy) is 1. The molecule has 0 bridgehead atoms. The molecule has 1 N–H and O–H groups in total. The van der Waals surface area contributed by atoms with Crippen molar-refractivity contribution in [3.8, 4) is 5.75 Å². The number of hydrogen-bond acceptors (Lipinski definition) is 4. The van der Waals surface area contributed by atoms with Crippen molar-refractivity contribution >= 4 is 28.8 Å². The van der Waals surface area contributed by atoms with Crippen molar-refractivity contribution in [2.45, 2.75) is 0 Å². The number of anilines is 2. The van der Waals surface area contributed by atoms with E-state index in [1.165, 1.54) is 4.90 Å². The second-order valence-electron chi connectivity index (χ2n) is 6.22. The molecule has 1 aliphatic heterocycles. The summed E-state index contributed by atoms with van der Waals surface area (Å²) in [4.78, 5) is 27.8. The van der Waals surface area contributed by atoms with E-state index < -0.39 is 5.91 Å². The Morgan fingerprint density at radius 1 is 0.750 bits per heavy atom. The van der Waals surface area contributed by atoms with Crippen LogP contribution in [0.15, 0.2) is 90.6 Å². The summed E-state index contributed by atoms with van der Waals surface area (Å²) in [7, 11) is 1.54. The fourth-order valence-electron chi connectivity index (χ4n) is 3.22. The van der Waals surface area contributed by atoms with Crippen LogP contribution in [0.5, 0.6) is 5.75 Å². The zero-order chi connectivity index (χ0) is 19.5. The van der Waals surface area contributed by atoms with Gasteiger partial charge in [0.15, 0.2) is 0 Å². The first-order chi connectivity index (χ1) is 13.7. The molecule has 1 aliphatic rings. The smallest absolute Gasteiger partial charge is 0.282 e. The molecule has 0 radical (unpaired) electrons. The number of para-hydroxylation sites is 3. The topological polar surface area (TPSA) is 58.6 Å². The second kappa shape index (κ2) is 7.40. The largest absolute Gasteiger partial charge is 0.496 e. The lowest BCUT2D eigenvalue weighted by Crippen LogP contribution is -2.32. The summed E-state index contributed by atoms with van der Waals surface area (Å²) < 4.78 is 5.44. The summed E-state index contributed by atoms with van der Waals surface area (Å²) >= 11 is 0. The number of carbonyl (C=O) groups excluding carboxylic acids is 2. The standard InChI is InChI=1S/C23H18N2O3/c1-28-19-15-9-8-14-18(19)20-21(24-16-10-4-2-5-11-16)23(27)25(22(20)26)17-12-6-3-7-13-17/h2-15,24H,1H3. The molecule has 0 saturated heterocycles. The van der Waals surface area contributed by atoms with Crippen LogP contribution in [-0.4, -0.2) is 18.9 Å². The average Bonchev–Trinajstić information content (AvgIpc) is 2.99. The van der Waals surface area contributed by atoms with E-state index in [0.29, 0.717) is 17.0 Å². The van der Waals surface area contributed by atoms with Gasteiger partial charge in [-0.25, -0.2) is 4.90 Å². The molecule has 0 fully saturated rings. The third-order valence-corrected chi connectivity index (χ3v) is 4.52. The molecule has 138 valence electrons. The minimum absolute atomic E-state index is 0.226. The average molecular weight is 370 g/mol. The van der Waals surface area contributed by atoms with Crippen LogP contribution in [0.2, 0.25) is 0 Å². The first kappa shape index (κ1) is 17.5. The van der Waals surface area contributed by atoms with Crippen LogP contribution >= 0.6 is 0 Å². The highest BCUT2D eigenvalue weighted by Gasteiger charge is 2.41. The molecule has 3 aromatic rings. The second-order valence-corrected chi connectivity index (χ2v) is 6.22. The van der Waals surface area contributed by atoms with E-state index in [-0.39, 0.29) is 17.2 Å². The number of rotatable bonds is 5. The quantitative estimate of drug-likeness (QED) is 0.687. The first-order valence-corrected chi connectivity index (χ1v) is 8.84. The number of amides is 2. The van der Waals surface area contributed by atoms with Gasteiger partial charge >= 0.3 is 0 Å². The molecule has 0 spiro atoms. The number of nitrogens with zero attached hydrogens (tertiary/aromatic N) is 1. The van der Waals surface area contributed by atoms with E-state index in [1.54, 1.807) is 43.5 Å². The van der Waals surface area contributed by atoms with Crippen molar-refractivity contribution in [2.24, 2.45) is 0 Å². The van der Waals surface area contributed by atoms with Crippen LogP contribution in [0.25, 0.3) is 5.57 Å². The van der Waals surface area contributed by atoms with Crippen LogP contribution in [0.3, 0.4) is 0 Å². The number of nitrogens with one attached hydrogen (secondary N) is 1. The Morgan fingerprint density at radius 3 is 2.04 bits per heavy atom. The molecular weight excluding hydrogens is 352 g/mol. The predicted molar refractivity (Wildman–Crippen MR) is 109 cm³/mol. The van der Waals surface area contributed by atoms with Gasteiger partial charge in [0.05, 0.1) is 18.4 Å². The first-order valence-electron chi connectivity index (χ1n) is 8.84. The highest BCUT2D eigenvalue weighted by Crippen LogP contribution is 2.37. The molecule has 1 heterocycles. The van der Waals surface area contributed by atoms with Crippen LogP contribution in [-0.2, 0) is 9.59 Å². The van der Waals surface area contributed by atoms with Gasteiger partial charge in [0.2, 0.25) is 0 Å². The molecular formula is C23H18N2O3. The molecule has 0 atom stereocenters. The van der Waals surface area contributed by atoms with Gasteiger partial charge in [-0.1, -0.05) is 54.6 Å². The van der Waals surface area contributed by atoms with E-state index in [0.717, 1.165) is 5.69 Å². The lowest BCUT2D eigenvalue weighted by Gasteiger charge is -2.15. The van der Waals surface area contributed by atoms with Gasteiger partial charge in [0.25, 0.3) is 11.8 Å². The van der Waals surface area contributed by atoms with E-state index >= 15 is 0 Å². The van der Waals surface area contributed by atoms with Gasteiger partial charge in [-0.2, -0.15) is 0 Å². The molecule has 3 aromatic carbocycles. The highest BCUT2D eigenvalue weighted by atomic mass is 16.5. The predicted octanol–water partition coefficient (Wildman–Crippen LogP) is 4.09. The molecule has 0 aliphatic carbocycles. The Morgan fingerprint density at radius 2 is 1.36 bits per heavy atom. The minimum atomic E-state index is -0.402. The summed E-state index contributed by atoms with van der Waals surface area (Å²) in [5, 5.41) is 3.13. The molecule has 0 saturated carbocycles. The maximum atomic E-state index is 13.3. The third-order valence-electron chi connectivity index (χ3n) is 4.52. The minimum Gasteiger partial charge on any atom is -0.496 e. The third kappa shape index (κ3) is 3.03. The van der Waals surface area contributed by atoms with Crippen LogP contribution in [0.1, 0.15) is 5.56 Å². The van der Waals surface area contributed by atoms with E-state index in [9.17, 15) is 9.59 Å². The lowest BCUT2D eigenvalue weighted by molar-refractivity contribution is -0.120. The van der Waals surface area contributed by atoms with Crippen molar-refractivity contribution in [3.63, 3.8) is 0 Å². The van der Waals surface area contributed by atoms with Crippen LogP contribution in [0.4, 0.5) is 11.4 Å². The van der Waals surface area contributed by atoms with Gasteiger partial charge in [-0.3, -0.25) is 9.59 Å². The highest BCUT2D eigenvalue weighted by molar-refractivity contribution is 6.46. The zero-order valence-electron chi connectivity index (χ0n) is 15.3. The number of methoxy groups -OCH3 is 1. The molecule has 28 heavy (non-hydrogen) atoms. The molecule has 5 heteroatoms. The Labute approximate surface area is 162 Å². The van der Waals surface area contributed by atoms with E-state index in [2.05, 4.69) is 5.32 Å². The number of benzene rings is 3. The van der Waals surface area contributed by atoms with Gasteiger partial charge in [0.1, 0.15) is 11.4 Å². The van der Waals surface area contributed by atoms with Crippen LogP contribution < -0.4 is 15.0 Å². The Hall–Kier alpha value is -3.86. The fraction of sp³-hybridized carbons (Fsp3) is 0.0435. The van der Waals surface area contributed by atoms with Crippen LogP contribution in [0, 0.1) is 0 Å². The molecule has 5 nitrogen and oxygen atoms in total. The van der Waals surface area contributed by atoms with Crippen molar-refractivity contribution in [2.75, 3.05) is 17.3 Å². The molecule has 0 unspecified atom stereocenters. The summed E-state index contributed by atoms with van der Waals surface area (Å²) in [6.45, 7) is 0. The SMILES string of the molecule is COc1ccccc1C1=C(Nc2ccccc2)C(=O)N(c2ccccc2)C1=O. The fourth-order valence-corrected chi connectivity index (χ4v) is 3.22. The molecule has 0 aromatic heterocycles. The molecule has 2 amide bonds. The number of carbonyl (C=O) groups is 2. The number of imide groups is 1. The van der Waals surface area contributed by atoms with E-state index in [1.807, 2.05) is 48.5 Å². The van der Waals surface area contributed by atoms with Gasteiger partial charge < -0.3 is 10.1 Å². The van der Waals surface area contributed by atoms with Crippen molar-refractivity contribution < 1.29 is 14.3 Å². The van der Waals surface area contributed by atoms with Gasteiger partial charge in [-0.05, 0) is 30.3 Å². The monoisotopic (exact) mass is 370 g/mol. The van der Waals surface area contributed by atoms with Gasteiger partial charge in [0, 0.05) is 11.3 Å². The maximum absolute atomic E-state index is 13.3. The molecule has 4 rings (SSSR count). The van der Waals surface area contributed by atoms with Crippen molar-refractivity contribution in [3.05, 3.63) is 96.2 Å². The van der Waals surface area contributed by atoms with Gasteiger partial charge in [-0.15, -0.1) is 0 Å². The summed E-state index contributed by atoms with van der Waals surface area (Å²) in [6.07, 6.45) is 0. The Balaban J connectivity index is 1.87. The lowest BCUT2D eigenvalue weighted by atomic mass is 10.0.